The smallest absolute Gasteiger partial charge is 0.0991 e. The fourth-order valence-corrected chi connectivity index (χ4v) is 2.45. The minimum Gasteiger partial charge on any atom is -0.320 e. The maximum Gasteiger partial charge on any atom is 0.0991 e. The van der Waals surface area contributed by atoms with Crippen LogP contribution in [0.15, 0.2) is 42.6 Å². The van der Waals surface area contributed by atoms with E-state index in [9.17, 15) is 0 Å². The van der Waals surface area contributed by atoms with Crippen molar-refractivity contribution in [3.05, 3.63) is 53.9 Å². The number of hydrogen-bond acceptors (Lipinski definition) is 2. The monoisotopic (exact) mass is 281 g/mol. The molecule has 1 aromatic heterocycles. The molecule has 3 nitrogen and oxygen atoms in total. The standard InChI is InChI=1S/C18H23N3/c1-3-5-12-20(4-2)15-18-7-6-13-21(18)17-10-8-16(14-19)9-11-17/h6-11,13H,3-5,12,15H2,1-2H3. The Morgan fingerprint density at radius 2 is 1.90 bits per heavy atom. The molecule has 110 valence electrons. The van der Waals surface area contributed by atoms with Crippen molar-refractivity contribution in [1.29, 1.82) is 5.26 Å². The van der Waals surface area contributed by atoms with Crippen LogP contribution in [-0.2, 0) is 6.54 Å². The lowest BCUT2D eigenvalue weighted by atomic mass is 10.2. The molecule has 0 radical (unpaired) electrons. The van der Waals surface area contributed by atoms with Crippen LogP contribution in [0.25, 0.3) is 5.69 Å². The Bertz CT molecular complexity index is 590. The summed E-state index contributed by atoms with van der Waals surface area (Å²) in [5, 5.41) is 8.88. The zero-order valence-electron chi connectivity index (χ0n) is 12.9. The Morgan fingerprint density at radius 3 is 2.52 bits per heavy atom. The van der Waals surface area contributed by atoms with E-state index in [0.29, 0.717) is 5.56 Å². The number of nitrogens with zero attached hydrogens (tertiary/aromatic N) is 3. The Hall–Kier alpha value is -2.05. The second-order valence-corrected chi connectivity index (χ2v) is 5.25. The van der Waals surface area contributed by atoms with E-state index in [2.05, 4.69) is 47.7 Å². The van der Waals surface area contributed by atoms with E-state index in [4.69, 9.17) is 5.26 Å². The summed E-state index contributed by atoms with van der Waals surface area (Å²) in [7, 11) is 0. The molecule has 1 heterocycles. The average Bonchev–Trinajstić information content (AvgIpc) is 2.99. The number of benzene rings is 1. The summed E-state index contributed by atoms with van der Waals surface area (Å²) >= 11 is 0. The quantitative estimate of drug-likeness (QED) is 0.769. The topological polar surface area (TPSA) is 32.0 Å². The zero-order valence-corrected chi connectivity index (χ0v) is 12.9. The van der Waals surface area contributed by atoms with Crippen LogP contribution < -0.4 is 0 Å². The summed E-state index contributed by atoms with van der Waals surface area (Å²) in [5.74, 6) is 0. The summed E-state index contributed by atoms with van der Waals surface area (Å²) in [4.78, 5) is 2.47. The van der Waals surface area contributed by atoms with Gasteiger partial charge in [-0.1, -0.05) is 20.3 Å². The van der Waals surface area contributed by atoms with E-state index >= 15 is 0 Å². The van der Waals surface area contributed by atoms with Crippen LogP contribution in [0.3, 0.4) is 0 Å². The molecule has 3 heteroatoms. The van der Waals surface area contributed by atoms with Crippen molar-refractivity contribution < 1.29 is 0 Å². The molecule has 0 amide bonds. The van der Waals surface area contributed by atoms with Gasteiger partial charge in [0.05, 0.1) is 11.6 Å². The lowest BCUT2D eigenvalue weighted by molar-refractivity contribution is 0.271. The molecule has 0 saturated heterocycles. The van der Waals surface area contributed by atoms with E-state index in [1.54, 1.807) is 0 Å². The molecule has 1 aromatic carbocycles. The molecule has 0 unspecified atom stereocenters. The summed E-state index contributed by atoms with van der Waals surface area (Å²) in [6.45, 7) is 7.62. The van der Waals surface area contributed by atoms with Crippen LogP contribution in [-0.4, -0.2) is 22.6 Å². The SMILES string of the molecule is CCCCN(CC)Cc1cccn1-c1ccc(C#N)cc1. The van der Waals surface area contributed by atoms with Gasteiger partial charge >= 0.3 is 0 Å². The second-order valence-electron chi connectivity index (χ2n) is 5.25. The van der Waals surface area contributed by atoms with Crippen LogP contribution in [0.2, 0.25) is 0 Å². The molecule has 2 rings (SSSR count). The van der Waals surface area contributed by atoms with Gasteiger partial charge < -0.3 is 4.57 Å². The number of rotatable bonds is 7. The highest BCUT2D eigenvalue weighted by Crippen LogP contribution is 2.15. The highest BCUT2D eigenvalue weighted by Gasteiger charge is 2.08. The Kier molecular flexibility index (Phi) is 5.59. The van der Waals surface area contributed by atoms with Crippen LogP contribution in [0.5, 0.6) is 0 Å². The van der Waals surface area contributed by atoms with E-state index in [-0.39, 0.29) is 0 Å². The van der Waals surface area contributed by atoms with Crippen molar-refractivity contribution in [2.75, 3.05) is 13.1 Å². The summed E-state index contributed by atoms with van der Waals surface area (Å²) in [5.41, 5.74) is 3.10. The molecule has 0 aliphatic heterocycles. The third-order valence-electron chi connectivity index (χ3n) is 3.77. The van der Waals surface area contributed by atoms with Gasteiger partial charge in [0.2, 0.25) is 0 Å². The Morgan fingerprint density at radius 1 is 1.14 bits per heavy atom. The van der Waals surface area contributed by atoms with Gasteiger partial charge in [0, 0.05) is 24.1 Å². The number of nitriles is 1. The van der Waals surface area contributed by atoms with Crippen molar-refractivity contribution in [2.24, 2.45) is 0 Å². The summed E-state index contributed by atoms with van der Waals surface area (Å²) in [6, 6.07) is 14.2. The first-order chi connectivity index (χ1) is 10.3. The fraction of sp³-hybridized carbons (Fsp3) is 0.389. The van der Waals surface area contributed by atoms with Crippen molar-refractivity contribution in [2.45, 2.75) is 33.2 Å². The molecule has 2 aromatic rings. The van der Waals surface area contributed by atoms with E-state index in [1.165, 1.54) is 18.5 Å². The van der Waals surface area contributed by atoms with Crippen molar-refractivity contribution in [3.63, 3.8) is 0 Å². The molecule has 0 aliphatic rings. The van der Waals surface area contributed by atoms with Gasteiger partial charge in [-0.25, -0.2) is 0 Å². The maximum atomic E-state index is 8.88. The minimum atomic E-state index is 0.700. The fourth-order valence-electron chi connectivity index (χ4n) is 2.45. The molecule has 0 bridgehead atoms. The van der Waals surface area contributed by atoms with Crippen molar-refractivity contribution in [1.82, 2.24) is 9.47 Å². The third-order valence-corrected chi connectivity index (χ3v) is 3.77. The van der Waals surface area contributed by atoms with Gasteiger partial charge in [0.15, 0.2) is 0 Å². The molecule has 0 aliphatic carbocycles. The molecule has 0 N–H and O–H groups in total. The first-order valence-electron chi connectivity index (χ1n) is 7.67. The van der Waals surface area contributed by atoms with Crippen LogP contribution in [0.1, 0.15) is 37.9 Å². The molecular formula is C18H23N3. The minimum absolute atomic E-state index is 0.700. The van der Waals surface area contributed by atoms with Crippen LogP contribution in [0.4, 0.5) is 0 Å². The van der Waals surface area contributed by atoms with E-state index in [0.717, 1.165) is 25.3 Å². The summed E-state index contributed by atoms with van der Waals surface area (Å²) < 4.78 is 2.20. The van der Waals surface area contributed by atoms with E-state index in [1.807, 2.05) is 24.3 Å². The maximum absolute atomic E-state index is 8.88. The molecule has 21 heavy (non-hydrogen) atoms. The highest BCUT2D eigenvalue weighted by molar-refractivity contribution is 5.41. The first-order valence-corrected chi connectivity index (χ1v) is 7.67. The van der Waals surface area contributed by atoms with Gasteiger partial charge in [-0.15, -0.1) is 0 Å². The van der Waals surface area contributed by atoms with Crippen molar-refractivity contribution in [3.8, 4) is 11.8 Å². The second kappa shape index (κ2) is 7.66. The van der Waals surface area contributed by atoms with E-state index < -0.39 is 0 Å². The zero-order chi connectivity index (χ0) is 15.1. The van der Waals surface area contributed by atoms with Crippen LogP contribution >= 0.6 is 0 Å². The van der Waals surface area contributed by atoms with Crippen molar-refractivity contribution >= 4 is 0 Å². The molecule has 0 saturated carbocycles. The lowest BCUT2D eigenvalue weighted by Crippen LogP contribution is -2.25. The Labute approximate surface area is 127 Å². The lowest BCUT2D eigenvalue weighted by Gasteiger charge is -2.21. The molecular weight excluding hydrogens is 258 g/mol. The third kappa shape index (κ3) is 3.96. The normalized spacial score (nSPS) is 10.8. The van der Waals surface area contributed by atoms with Gasteiger partial charge in [-0.05, 0) is 55.9 Å². The molecule has 0 atom stereocenters. The van der Waals surface area contributed by atoms with Gasteiger partial charge in [-0.2, -0.15) is 5.26 Å². The Balaban J connectivity index is 2.15. The number of aromatic nitrogens is 1. The highest BCUT2D eigenvalue weighted by atomic mass is 15.1. The first kappa shape index (κ1) is 15.3. The van der Waals surface area contributed by atoms with Gasteiger partial charge in [-0.3, -0.25) is 4.90 Å². The predicted molar refractivity (Wildman–Crippen MR) is 86.3 cm³/mol. The molecule has 0 spiro atoms. The number of hydrogen-bond donors (Lipinski definition) is 0. The average molecular weight is 281 g/mol. The largest absolute Gasteiger partial charge is 0.320 e. The molecule has 0 fully saturated rings. The predicted octanol–water partition coefficient (Wildman–Crippen LogP) is 3.97. The summed E-state index contributed by atoms with van der Waals surface area (Å²) in [6.07, 6.45) is 4.56. The number of unbranched alkanes of at least 4 members (excludes halogenated alkanes) is 1. The van der Waals surface area contributed by atoms with Crippen LogP contribution in [0, 0.1) is 11.3 Å². The van der Waals surface area contributed by atoms with Gasteiger partial charge in [0.25, 0.3) is 0 Å². The van der Waals surface area contributed by atoms with Gasteiger partial charge in [0.1, 0.15) is 0 Å².